The Morgan fingerprint density at radius 2 is 2.13 bits per heavy atom. The zero-order chi connectivity index (χ0) is 10.7. The Hall–Kier alpha value is -1.43. The summed E-state index contributed by atoms with van der Waals surface area (Å²) in [6, 6.07) is 0. The number of rotatable bonds is 3. The Kier molecular flexibility index (Phi) is 2.96. The molecule has 0 spiro atoms. The van der Waals surface area contributed by atoms with Crippen molar-refractivity contribution in [3.63, 3.8) is 0 Å². The molecule has 2 heterocycles. The molecule has 0 atom stereocenters. The first-order chi connectivity index (χ1) is 7.25. The fourth-order valence-electron chi connectivity index (χ4n) is 1.83. The van der Waals surface area contributed by atoms with Crippen molar-refractivity contribution >= 4 is 5.69 Å². The molecule has 6 heteroatoms. The lowest BCUT2D eigenvalue weighted by Crippen LogP contribution is -2.31. The topological polar surface area (TPSA) is 64.2 Å². The third-order valence-corrected chi connectivity index (χ3v) is 2.62. The number of likely N-dealkylation sites (tertiary alicyclic amines) is 1. The maximum atomic E-state index is 10.4. The second-order valence-corrected chi connectivity index (χ2v) is 3.82. The van der Waals surface area contributed by atoms with Crippen LogP contribution in [-0.2, 0) is 6.67 Å². The SMILES string of the molecule is O=[N+]([O-])c1cnn(CN2CCCCC2)c1. The van der Waals surface area contributed by atoms with Crippen LogP contribution in [-0.4, -0.2) is 32.7 Å². The Labute approximate surface area is 87.6 Å². The van der Waals surface area contributed by atoms with Crippen LogP contribution in [0, 0.1) is 10.1 Å². The van der Waals surface area contributed by atoms with Gasteiger partial charge in [0.2, 0.25) is 0 Å². The van der Waals surface area contributed by atoms with E-state index in [0.717, 1.165) is 13.1 Å². The molecule has 1 aromatic rings. The lowest BCUT2D eigenvalue weighted by atomic mass is 10.1. The minimum Gasteiger partial charge on any atom is -0.284 e. The number of piperidine rings is 1. The molecule has 0 radical (unpaired) electrons. The number of hydrogen-bond acceptors (Lipinski definition) is 4. The van der Waals surface area contributed by atoms with Crippen LogP contribution in [0.25, 0.3) is 0 Å². The Morgan fingerprint density at radius 1 is 1.40 bits per heavy atom. The monoisotopic (exact) mass is 210 g/mol. The molecule has 82 valence electrons. The number of nitrogens with zero attached hydrogens (tertiary/aromatic N) is 4. The van der Waals surface area contributed by atoms with E-state index in [0.29, 0.717) is 6.67 Å². The highest BCUT2D eigenvalue weighted by Crippen LogP contribution is 2.12. The molecule has 1 aliphatic heterocycles. The van der Waals surface area contributed by atoms with Crippen molar-refractivity contribution in [2.45, 2.75) is 25.9 Å². The van der Waals surface area contributed by atoms with Gasteiger partial charge in [-0.05, 0) is 25.9 Å². The second-order valence-electron chi connectivity index (χ2n) is 3.82. The van der Waals surface area contributed by atoms with Crippen molar-refractivity contribution in [3.05, 3.63) is 22.5 Å². The predicted molar refractivity (Wildman–Crippen MR) is 54.3 cm³/mol. The van der Waals surface area contributed by atoms with E-state index >= 15 is 0 Å². The lowest BCUT2D eigenvalue weighted by Gasteiger charge is -2.25. The number of nitro groups is 1. The summed E-state index contributed by atoms with van der Waals surface area (Å²) in [6.07, 6.45) is 6.49. The van der Waals surface area contributed by atoms with Crippen LogP contribution in [0.5, 0.6) is 0 Å². The van der Waals surface area contributed by atoms with Crippen LogP contribution < -0.4 is 0 Å². The normalized spacial score (nSPS) is 17.9. The summed E-state index contributed by atoms with van der Waals surface area (Å²) < 4.78 is 1.63. The third kappa shape index (κ3) is 2.53. The van der Waals surface area contributed by atoms with E-state index in [1.807, 2.05) is 0 Å². The van der Waals surface area contributed by atoms with Gasteiger partial charge in [0.25, 0.3) is 0 Å². The Morgan fingerprint density at radius 3 is 2.73 bits per heavy atom. The van der Waals surface area contributed by atoms with Crippen LogP contribution in [0.2, 0.25) is 0 Å². The van der Waals surface area contributed by atoms with Crippen molar-refractivity contribution in [1.82, 2.24) is 14.7 Å². The predicted octanol–water partition coefficient (Wildman–Crippen LogP) is 1.23. The summed E-state index contributed by atoms with van der Waals surface area (Å²) in [5.41, 5.74) is 0.0620. The summed E-state index contributed by atoms with van der Waals surface area (Å²) in [5.74, 6) is 0. The molecule has 1 fully saturated rings. The molecule has 0 aromatic carbocycles. The highest BCUT2D eigenvalue weighted by Gasteiger charge is 2.13. The largest absolute Gasteiger partial charge is 0.307 e. The smallest absolute Gasteiger partial charge is 0.284 e. The molecule has 0 bridgehead atoms. The van der Waals surface area contributed by atoms with Gasteiger partial charge in [0.15, 0.2) is 0 Å². The Balaban J connectivity index is 1.94. The molecule has 0 saturated carbocycles. The minimum absolute atomic E-state index is 0.0620. The fourth-order valence-corrected chi connectivity index (χ4v) is 1.83. The molecule has 2 rings (SSSR count). The first kappa shape index (κ1) is 10.1. The number of aromatic nitrogens is 2. The molecule has 6 nitrogen and oxygen atoms in total. The van der Waals surface area contributed by atoms with Gasteiger partial charge in [0, 0.05) is 0 Å². The first-order valence-corrected chi connectivity index (χ1v) is 5.15. The average Bonchev–Trinajstić information content (AvgIpc) is 2.68. The molecule has 1 saturated heterocycles. The van der Waals surface area contributed by atoms with E-state index in [4.69, 9.17) is 0 Å². The molecule has 15 heavy (non-hydrogen) atoms. The molecular weight excluding hydrogens is 196 g/mol. The van der Waals surface area contributed by atoms with E-state index in [1.54, 1.807) is 4.68 Å². The summed E-state index contributed by atoms with van der Waals surface area (Å²) in [7, 11) is 0. The molecular formula is C9H14N4O2. The quantitative estimate of drug-likeness (QED) is 0.556. The van der Waals surface area contributed by atoms with Crippen molar-refractivity contribution in [2.24, 2.45) is 0 Å². The van der Waals surface area contributed by atoms with Crippen LogP contribution in [0.15, 0.2) is 12.4 Å². The van der Waals surface area contributed by atoms with Crippen molar-refractivity contribution in [3.8, 4) is 0 Å². The summed E-state index contributed by atoms with van der Waals surface area (Å²) >= 11 is 0. The second kappa shape index (κ2) is 4.39. The first-order valence-electron chi connectivity index (χ1n) is 5.15. The van der Waals surface area contributed by atoms with Crippen LogP contribution >= 0.6 is 0 Å². The standard InChI is InChI=1S/C9H14N4O2/c14-13(15)9-6-10-12(7-9)8-11-4-2-1-3-5-11/h6-7H,1-5,8H2. The highest BCUT2D eigenvalue weighted by molar-refractivity contribution is 5.20. The van der Waals surface area contributed by atoms with Crippen molar-refractivity contribution in [1.29, 1.82) is 0 Å². The van der Waals surface area contributed by atoms with Crippen molar-refractivity contribution < 1.29 is 4.92 Å². The Bertz CT molecular complexity index is 344. The molecule has 1 aliphatic rings. The summed E-state index contributed by atoms with van der Waals surface area (Å²) in [4.78, 5) is 12.3. The lowest BCUT2D eigenvalue weighted by molar-refractivity contribution is -0.385. The van der Waals surface area contributed by atoms with Crippen LogP contribution in [0.4, 0.5) is 5.69 Å². The average molecular weight is 210 g/mol. The molecule has 0 amide bonds. The van der Waals surface area contributed by atoms with Gasteiger partial charge in [-0.2, -0.15) is 5.10 Å². The van der Waals surface area contributed by atoms with E-state index < -0.39 is 4.92 Å². The molecule has 0 unspecified atom stereocenters. The van der Waals surface area contributed by atoms with Gasteiger partial charge in [0.05, 0.1) is 11.6 Å². The summed E-state index contributed by atoms with van der Waals surface area (Å²) in [5, 5.41) is 14.4. The van der Waals surface area contributed by atoms with Crippen LogP contribution in [0.1, 0.15) is 19.3 Å². The molecule has 1 aromatic heterocycles. The number of hydrogen-bond donors (Lipinski definition) is 0. The van der Waals surface area contributed by atoms with Gasteiger partial charge in [-0.25, -0.2) is 0 Å². The van der Waals surface area contributed by atoms with Gasteiger partial charge in [-0.3, -0.25) is 19.7 Å². The van der Waals surface area contributed by atoms with Crippen LogP contribution in [0.3, 0.4) is 0 Å². The van der Waals surface area contributed by atoms with Gasteiger partial charge in [0.1, 0.15) is 12.4 Å². The van der Waals surface area contributed by atoms with E-state index in [1.165, 1.54) is 31.7 Å². The third-order valence-electron chi connectivity index (χ3n) is 2.62. The van der Waals surface area contributed by atoms with Gasteiger partial charge in [-0.1, -0.05) is 6.42 Å². The van der Waals surface area contributed by atoms with Gasteiger partial charge in [-0.15, -0.1) is 0 Å². The van der Waals surface area contributed by atoms with E-state index in [-0.39, 0.29) is 5.69 Å². The molecule has 0 aliphatic carbocycles. The van der Waals surface area contributed by atoms with E-state index in [9.17, 15) is 10.1 Å². The minimum atomic E-state index is -0.417. The van der Waals surface area contributed by atoms with Gasteiger partial charge >= 0.3 is 5.69 Å². The highest BCUT2D eigenvalue weighted by atomic mass is 16.6. The fraction of sp³-hybridized carbons (Fsp3) is 0.667. The summed E-state index contributed by atoms with van der Waals surface area (Å²) in [6.45, 7) is 2.79. The van der Waals surface area contributed by atoms with E-state index in [2.05, 4.69) is 10.00 Å². The molecule has 0 N–H and O–H groups in total. The van der Waals surface area contributed by atoms with Gasteiger partial charge < -0.3 is 0 Å². The van der Waals surface area contributed by atoms with Crippen molar-refractivity contribution in [2.75, 3.05) is 13.1 Å². The maximum absolute atomic E-state index is 10.4. The zero-order valence-corrected chi connectivity index (χ0v) is 8.50. The maximum Gasteiger partial charge on any atom is 0.307 e. The zero-order valence-electron chi connectivity index (χ0n) is 8.50.